The van der Waals surface area contributed by atoms with Crippen LogP contribution in [-0.4, -0.2) is 159 Å². The molecule has 4 aromatic heterocycles. The van der Waals surface area contributed by atoms with Crippen molar-refractivity contribution in [3.63, 3.8) is 0 Å². The van der Waals surface area contributed by atoms with Gasteiger partial charge in [0, 0.05) is 130 Å². The van der Waals surface area contributed by atoms with Crippen LogP contribution >= 0.6 is 34.8 Å². The smallest absolute Gasteiger partial charge is 0.276 e. The normalized spacial score (nSPS) is 13.5. The third-order valence-corrected chi connectivity index (χ3v) is 18.8. The number of piperazine rings is 2. The van der Waals surface area contributed by atoms with E-state index in [0.29, 0.717) is 52.4 Å². The first-order valence-corrected chi connectivity index (χ1v) is 37.6. The molecule has 2 fully saturated rings. The van der Waals surface area contributed by atoms with Crippen molar-refractivity contribution in [3.8, 4) is 34.8 Å². The summed E-state index contributed by atoms with van der Waals surface area (Å²) >= 11 is 19.0. The monoisotopic (exact) mass is 1400 g/mol. The van der Waals surface area contributed by atoms with Crippen molar-refractivity contribution >= 4 is 113 Å². The third-order valence-electron chi connectivity index (χ3n) is 14.6. The molecule has 0 atom stereocenters. The van der Waals surface area contributed by atoms with Gasteiger partial charge in [0.1, 0.15) is 58.9 Å². The Kier molecular flexibility index (Phi) is 28.0. The summed E-state index contributed by atoms with van der Waals surface area (Å²) in [7, 11) is 4.97. The number of aromatic nitrogens is 6. The van der Waals surface area contributed by atoms with Gasteiger partial charge < -0.3 is 68.2 Å². The molecule has 0 spiro atoms. The van der Waals surface area contributed by atoms with Crippen LogP contribution in [0, 0.1) is 31.9 Å². The van der Waals surface area contributed by atoms with E-state index in [1.807, 2.05) is 30.3 Å². The van der Waals surface area contributed by atoms with E-state index in [0.717, 1.165) is 112 Å². The Balaban J connectivity index is 0.000000281. The summed E-state index contributed by atoms with van der Waals surface area (Å²) in [5, 5.41) is 26.7. The van der Waals surface area contributed by atoms with Gasteiger partial charge >= 0.3 is 0 Å². The van der Waals surface area contributed by atoms with Gasteiger partial charge in [-0.1, -0.05) is 84.8 Å². The predicted molar refractivity (Wildman–Crippen MR) is 378 cm³/mol. The molecule has 2 saturated heterocycles. The molecule has 31 heteroatoms. The number of halogens is 5. The Morgan fingerprint density at radius 3 is 1.45 bits per heavy atom. The topological polar surface area (TPSA) is 254 Å². The second-order valence-electron chi connectivity index (χ2n) is 24.2. The SMILES string of the molecule is C.C.C.COc1cc(N2CCN(C)CC2)ccc1N.COc1cc(N2CCN(C)CC2)ccc1Nc1nc(Oc2cc(F)cc([N+](=O)[O-])c2)c2c(Cl)cn(COCC[Si](C)(C)C)c2n1.C[Si](C)(C)CCOCn1cc(Cl)c2c(Oc3cc(F)cc([N+](=O)[O-])c3)nc(Cl)nc21. The fourth-order valence-electron chi connectivity index (χ4n) is 9.45. The lowest BCUT2D eigenvalue weighted by atomic mass is 10.2. The van der Waals surface area contributed by atoms with Gasteiger partial charge in [-0.15, -0.1) is 0 Å². The molecule has 0 aliphatic carbocycles. The molecule has 2 aliphatic rings. The molecule has 24 nitrogen and oxygen atoms in total. The van der Waals surface area contributed by atoms with Crippen LogP contribution in [0.4, 0.5) is 48.9 Å². The Hall–Kier alpha value is -7.68. The molecular formula is C63H87Cl3F2N14O10Si2. The largest absolute Gasteiger partial charge is 0.495 e. The highest BCUT2D eigenvalue weighted by Gasteiger charge is 2.25. The molecule has 512 valence electrons. The maximum Gasteiger partial charge on any atom is 0.276 e. The number of nitrogens with two attached hydrogens (primary N) is 1. The average Bonchev–Trinajstić information content (AvgIpc) is 1.60. The number of fused-ring (bicyclic) bond motifs is 2. The fraction of sp³-hybridized carbons (Fsp3) is 0.429. The molecule has 4 aromatic carbocycles. The minimum atomic E-state index is -1.30. The van der Waals surface area contributed by atoms with Crippen molar-refractivity contribution in [2.45, 2.75) is 87.1 Å². The predicted octanol–water partition coefficient (Wildman–Crippen LogP) is 15.6. The number of nitrogens with zero attached hydrogens (tertiary/aromatic N) is 12. The number of anilines is 5. The number of nitro benzene ring substituents is 2. The molecule has 0 bridgehead atoms. The van der Waals surface area contributed by atoms with Gasteiger partial charge in [-0.2, -0.15) is 19.9 Å². The van der Waals surface area contributed by atoms with Gasteiger partial charge in [0.25, 0.3) is 11.4 Å². The molecule has 8 aromatic rings. The van der Waals surface area contributed by atoms with Crippen LogP contribution in [-0.2, 0) is 22.9 Å². The van der Waals surface area contributed by atoms with Crippen LogP contribution in [0.1, 0.15) is 22.3 Å². The zero-order chi connectivity index (χ0) is 65.9. The minimum absolute atomic E-state index is 0. The molecule has 0 unspecified atom stereocenters. The summed E-state index contributed by atoms with van der Waals surface area (Å²) in [6.07, 6.45) is 3.26. The summed E-state index contributed by atoms with van der Waals surface area (Å²) < 4.78 is 65.6. The highest BCUT2D eigenvalue weighted by molar-refractivity contribution is 6.76. The van der Waals surface area contributed by atoms with Crippen molar-refractivity contribution in [1.29, 1.82) is 0 Å². The van der Waals surface area contributed by atoms with Gasteiger partial charge in [0.05, 0.1) is 69.8 Å². The van der Waals surface area contributed by atoms with Crippen molar-refractivity contribution in [2.75, 3.05) is 115 Å². The van der Waals surface area contributed by atoms with Crippen LogP contribution in [0.3, 0.4) is 0 Å². The van der Waals surface area contributed by atoms with Crippen LogP contribution in [0.25, 0.3) is 22.1 Å². The second kappa shape index (κ2) is 34.1. The van der Waals surface area contributed by atoms with Crippen LogP contribution in [0.15, 0.2) is 85.2 Å². The number of hydrogen-bond donors (Lipinski definition) is 2. The van der Waals surface area contributed by atoms with E-state index in [1.165, 1.54) is 5.69 Å². The van der Waals surface area contributed by atoms with Crippen molar-refractivity contribution in [1.82, 2.24) is 38.9 Å². The number of nitro groups is 2. The fourth-order valence-corrected chi connectivity index (χ4v) is 11.7. The summed E-state index contributed by atoms with van der Waals surface area (Å²) in [5.41, 5.74) is 9.19. The van der Waals surface area contributed by atoms with Gasteiger partial charge in [0.2, 0.25) is 23.0 Å². The first-order valence-electron chi connectivity index (χ1n) is 29.1. The van der Waals surface area contributed by atoms with E-state index in [9.17, 15) is 29.0 Å². The number of nitrogens with one attached hydrogen (secondary N) is 1. The highest BCUT2D eigenvalue weighted by atomic mass is 35.5. The molecular weight excluding hydrogens is 1310 g/mol. The summed E-state index contributed by atoms with van der Waals surface area (Å²) in [6, 6.07) is 19.7. The quantitative estimate of drug-likeness (QED) is 0.0160. The van der Waals surface area contributed by atoms with Gasteiger partial charge in [0.15, 0.2) is 11.3 Å². The molecule has 3 N–H and O–H groups in total. The number of non-ortho nitro benzene ring substituents is 2. The standard InChI is InChI=1S/C30H37ClFN7O5Si.C18H19Cl2FN4O4Si.C12H19N3O.3CH4/c1-36-8-10-37(11-9-36)21-6-7-25(26(17-21)42-2)33-30-34-28-27(24(31)18-38(28)19-43-12-13-45(3,4)5)29(35-30)44-23-15-20(32)14-22(16-23)39(40)41;1-30(2,3)5-4-28-10-24-9-14(19)15-16(24)22-18(20)23-17(15)29-13-7-11(21)6-12(8-13)25(26)27;1-14-5-7-15(8-6-14)10-3-4-11(13)12(9-10)16-2;;;/h6-7,14-18H,8-13,19H2,1-5H3,(H,33,34,35);6-9H,4-5,10H2,1-3H3;3-4,9H,5-8,13H2,1-2H3;3*1H4. The second-order valence-corrected chi connectivity index (χ2v) is 36.6. The van der Waals surface area contributed by atoms with E-state index in [1.54, 1.807) is 35.7 Å². The lowest BCUT2D eigenvalue weighted by Gasteiger charge is -2.34. The number of rotatable bonds is 22. The summed E-state index contributed by atoms with van der Waals surface area (Å²) in [6.45, 7) is 23.2. The maximum absolute atomic E-state index is 14.3. The number of likely N-dealkylation sites (N-methyl/N-ethyl adjacent to an activating group) is 2. The zero-order valence-electron chi connectivity index (χ0n) is 52.4. The first kappa shape index (κ1) is 77.0. The van der Waals surface area contributed by atoms with Crippen molar-refractivity contribution in [2.24, 2.45) is 0 Å². The van der Waals surface area contributed by atoms with E-state index in [-0.39, 0.29) is 80.3 Å². The molecule has 6 heterocycles. The molecule has 0 radical (unpaired) electrons. The lowest BCUT2D eigenvalue weighted by Crippen LogP contribution is -2.44. The number of methoxy groups -OCH3 is 2. The number of nitrogen functional groups attached to an aromatic ring is 1. The Morgan fingerprint density at radius 1 is 0.585 bits per heavy atom. The van der Waals surface area contributed by atoms with E-state index >= 15 is 0 Å². The molecule has 2 aliphatic heterocycles. The third kappa shape index (κ3) is 21.2. The van der Waals surface area contributed by atoms with Crippen LogP contribution in [0.2, 0.25) is 66.7 Å². The van der Waals surface area contributed by atoms with Gasteiger partial charge in [-0.05, 0) is 62.0 Å². The number of ether oxygens (including phenoxy) is 6. The maximum atomic E-state index is 14.3. The number of hydrogen-bond acceptors (Lipinski definition) is 20. The first-order chi connectivity index (χ1) is 43.1. The van der Waals surface area contributed by atoms with Gasteiger partial charge in [-0.3, -0.25) is 20.2 Å². The highest BCUT2D eigenvalue weighted by Crippen LogP contribution is 2.40. The Bertz CT molecular complexity index is 3870. The van der Waals surface area contributed by atoms with Gasteiger partial charge in [-0.25, -0.2) is 8.78 Å². The van der Waals surface area contributed by atoms with E-state index in [2.05, 4.69) is 99.3 Å². The minimum Gasteiger partial charge on any atom is -0.495 e. The summed E-state index contributed by atoms with van der Waals surface area (Å²) in [4.78, 5) is 47.7. The average molecular weight is 1400 g/mol. The summed E-state index contributed by atoms with van der Waals surface area (Å²) in [5.74, 6) is -0.449. The van der Waals surface area contributed by atoms with Crippen molar-refractivity contribution < 1.29 is 47.0 Å². The van der Waals surface area contributed by atoms with E-state index < -0.39 is 49.0 Å². The van der Waals surface area contributed by atoms with Crippen molar-refractivity contribution in [3.05, 3.63) is 132 Å². The van der Waals surface area contributed by atoms with E-state index in [4.69, 9.17) is 73.9 Å². The molecule has 0 saturated carbocycles. The van der Waals surface area contributed by atoms with Crippen LogP contribution < -0.4 is 39.8 Å². The zero-order valence-corrected chi connectivity index (χ0v) is 56.7. The number of benzene rings is 4. The lowest BCUT2D eigenvalue weighted by molar-refractivity contribution is -0.385. The molecule has 94 heavy (non-hydrogen) atoms. The molecule has 0 amide bonds. The molecule has 10 rings (SSSR count). The van der Waals surface area contributed by atoms with Crippen LogP contribution in [0.5, 0.6) is 34.8 Å². The Labute approximate surface area is 565 Å². The Morgan fingerprint density at radius 2 is 1.01 bits per heavy atom.